The van der Waals surface area contributed by atoms with E-state index in [2.05, 4.69) is 30.6 Å². The Kier molecular flexibility index (Phi) is 6.01. The summed E-state index contributed by atoms with van der Waals surface area (Å²) in [5.41, 5.74) is 1.08. The van der Waals surface area contributed by atoms with Crippen molar-refractivity contribution in [3.05, 3.63) is 47.1 Å². The van der Waals surface area contributed by atoms with Gasteiger partial charge >= 0.3 is 0 Å². The monoisotopic (exact) mass is 462 g/mol. The molecule has 4 rings (SSSR count). The van der Waals surface area contributed by atoms with Crippen molar-refractivity contribution >= 4 is 39.0 Å². The van der Waals surface area contributed by atoms with Gasteiger partial charge in [-0.1, -0.05) is 17.7 Å². The van der Waals surface area contributed by atoms with Gasteiger partial charge in [-0.05, 0) is 49.1 Å². The average Bonchev–Trinajstić information content (AvgIpc) is 3.56. The van der Waals surface area contributed by atoms with Gasteiger partial charge in [-0.2, -0.15) is 15.0 Å². The predicted octanol–water partition coefficient (Wildman–Crippen LogP) is 4.03. The number of sulfone groups is 1. The first-order valence-corrected chi connectivity index (χ1v) is 11.9. The molecule has 3 aromatic rings. The van der Waals surface area contributed by atoms with E-state index in [0.717, 1.165) is 25.6 Å². The van der Waals surface area contributed by atoms with Gasteiger partial charge in [0.2, 0.25) is 11.9 Å². The molecule has 0 radical (unpaired) electrons. The van der Waals surface area contributed by atoms with Crippen LogP contribution >= 0.6 is 11.6 Å². The van der Waals surface area contributed by atoms with Crippen LogP contribution in [0.3, 0.4) is 0 Å². The number of nitrogens with zero attached hydrogens (tertiary/aromatic N) is 4. The Morgan fingerprint density at radius 1 is 1.10 bits per heavy atom. The number of aromatic nitrogens is 4. The molecule has 0 aliphatic heterocycles. The van der Waals surface area contributed by atoms with Crippen molar-refractivity contribution in [2.24, 2.45) is 5.92 Å². The Labute approximate surface area is 184 Å². The van der Waals surface area contributed by atoms with E-state index in [1.807, 2.05) is 0 Å². The maximum Gasteiger partial charge on any atom is 0.232 e. The van der Waals surface area contributed by atoms with Gasteiger partial charge < -0.3 is 10.6 Å². The largest absolute Gasteiger partial charge is 0.354 e. The van der Waals surface area contributed by atoms with Crippen molar-refractivity contribution in [2.45, 2.75) is 24.4 Å². The van der Waals surface area contributed by atoms with E-state index < -0.39 is 16.5 Å². The lowest BCUT2D eigenvalue weighted by Gasteiger charge is -2.11. The van der Waals surface area contributed by atoms with Gasteiger partial charge in [0.15, 0.2) is 15.7 Å². The van der Waals surface area contributed by atoms with Crippen LogP contribution in [0.15, 0.2) is 41.3 Å². The second-order valence-electron chi connectivity index (χ2n) is 7.35. The molecule has 0 spiro atoms. The number of hydrogen-bond acceptors (Lipinski definition) is 8. The van der Waals surface area contributed by atoms with Crippen LogP contribution in [0.1, 0.15) is 18.5 Å². The van der Waals surface area contributed by atoms with E-state index in [9.17, 15) is 12.8 Å². The summed E-state index contributed by atoms with van der Waals surface area (Å²) >= 11 is 6.09. The summed E-state index contributed by atoms with van der Waals surface area (Å²) in [5, 5.41) is 6.43. The third kappa shape index (κ3) is 5.65. The Hall–Kier alpha value is -2.85. The summed E-state index contributed by atoms with van der Waals surface area (Å²) in [6.45, 7) is 0.0316. The van der Waals surface area contributed by atoms with Crippen LogP contribution in [0.2, 0.25) is 5.02 Å². The van der Waals surface area contributed by atoms with Gasteiger partial charge in [-0.25, -0.2) is 17.8 Å². The second kappa shape index (κ2) is 8.72. The third-order valence-electron chi connectivity index (χ3n) is 4.61. The minimum atomic E-state index is -3.45. The Balaban J connectivity index is 1.70. The molecule has 162 valence electrons. The van der Waals surface area contributed by atoms with Crippen LogP contribution in [0.4, 0.5) is 22.0 Å². The molecule has 0 saturated heterocycles. The molecule has 1 fully saturated rings. The molecule has 1 aliphatic rings. The molecule has 1 aromatic carbocycles. The summed E-state index contributed by atoms with van der Waals surface area (Å²) in [4.78, 5) is 17.5. The van der Waals surface area contributed by atoms with Crippen molar-refractivity contribution in [3.8, 4) is 11.5 Å². The van der Waals surface area contributed by atoms with Crippen LogP contribution in [0.5, 0.6) is 0 Å². The number of halogens is 2. The SMILES string of the molecule is CS(=O)(=O)c1cc(Cl)cc(Nc2nc(NCC3CC3)nc(-c3cccc(CF)n3)n2)c1. The molecule has 2 aromatic heterocycles. The molecular formula is C20H20ClFN6O2S. The van der Waals surface area contributed by atoms with Crippen molar-refractivity contribution in [1.82, 2.24) is 19.9 Å². The fourth-order valence-electron chi connectivity index (χ4n) is 2.84. The van der Waals surface area contributed by atoms with E-state index in [-0.39, 0.29) is 27.4 Å². The highest BCUT2D eigenvalue weighted by molar-refractivity contribution is 7.90. The lowest BCUT2D eigenvalue weighted by molar-refractivity contribution is 0.476. The molecule has 2 heterocycles. The molecule has 2 N–H and O–H groups in total. The van der Waals surface area contributed by atoms with Gasteiger partial charge in [0.25, 0.3) is 0 Å². The number of benzene rings is 1. The summed E-state index contributed by atoms with van der Waals surface area (Å²) in [6, 6.07) is 9.33. The molecule has 11 heteroatoms. The Morgan fingerprint density at radius 2 is 1.87 bits per heavy atom. The molecule has 8 nitrogen and oxygen atoms in total. The first-order valence-electron chi connectivity index (χ1n) is 9.60. The molecule has 0 amide bonds. The lowest BCUT2D eigenvalue weighted by Crippen LogP contribution is -2.11. The van der Waals surface area contributed by atoms with Gasteiger partial charge in [0.1, 0.15) is 12.4 Å². The molecule has 1 aliphatic carbocycles. The van der Waals surface area contributed by atoms with Gasteiger partial charge in [0.05, 0.1) is 10.6 Å². The summed E-state index contributed by atoms with van der Waals surface area (Å²) in [6.07, 6.45) is 3.42. The topological polar surface area (TPSA) is 110 Å². The zero-order valence-electron chi connectivity index (χ0n) is 16.6. The molecule has 1 saturated carbocycles. The highest BCUT2D eigenvalue weighted by atomic mass is 35.5. The zero-order valence-corrected chi connectivity index (χ0v) is 18.2. The quantitative estimate of drug-likeness (QED) is 0.516. The Morgan fingerprint density at radius 3 is 2.58 bits per heavy atom. The normalized spacial score (nSPS) is 13.8. The van der Waals surface area contributed by atoms with Crippen molar-refractivity contribution in [1.29, 1.82) is 0 Å². The number of rotatable bonds is 8. The van der Waals surface area contributed by atoms with Crippen molar-refractivity contribution in [2.75, 3.05) is 23.4 Å². The third-order valence-corrected chi connectivity index (χ3v) is 5.92. The van der Waals surface area contributed by atoms with Crippen LogP contribution in [-0.2, 0) is 16.5 Å². The van der Waals surface area contributed by atoms with Gasteiger partial charge in [-0.15, -0.1) is 0 Å². The van der Waals surface area contributed by atoms with E-state index in [1.54, 1.807) is 24.3 Å². The minimum absolute atomic E-state index is 0.0705. The zero-order chi connectivity index (χ0) is 22.0. The number of alkyl halides is 1. The summed E-state index contributed by atoms with van der Waals surface area (Å²) in [7, 11) is -3.45. The minimum Gasteiger partial charge on any atom is -0.354 e. The van der Waals surface area contributed by atoms with Crippen LogP contribution in [0.25, 0.3) is 11.5 Å². The van der Waals surface area contributed by atoms with E-state index in [0.29, 0.717) is 23.2 Å². The summed E-state index contributed by atoms with van der Waals surface area (Å²) in [5.74, 6) is 1.38. The van der Waals surface area contributed by atoms with Crippen LogP contribution in [0, 0.1) is 5.92 Å². The molecular weight excluding hydrogens is 443 g/mol. The lowest BCUT2D eigenvalue weighted by atomic mass is 10.3. The second-order valence-corrected chi connectivity index (χ2v) is 9.80. The molecule has 0 atom stereocenters. The fourth-order valence-corrected chi connectivity index (χ4v) is 3.82. The summed E-state index contributed by atoms with van der Waals surface area (Å²) < 4.78 is 36.9. The highest BCUT2D eigenvalue weighted by Crippen LogP contribution is 2.29. The standard InChI is InChI=1S/C20H20ClFN6O2S/c1-31(29,30)16-8-13(21)7-15(9-16)25-20-27-18(17-4-2-3-14(10-22)24-17)26-19(28-20)23-11-12-5-6-12/h2-4,7-9,12H,5-6,10-11H2,1H3,(H2,23,25,26,27,28). The van der Waals surface area contributed by atoms with E-state index in [1.165, 1.54) is 12.1 Å². The number of nitrogens with one attached hydrogen (secondary N) is 2. The van der Waals surface area contributed by atoms with E-state index in [4.69, 9.17) is 11.6 Å². The fraction of sp³-hybridized carbons (Fsp3) is 0.300. The maximum atomic E-state index is 13.1. The van der Waals surface area contributed by atoms with Crippen molar-refractivity contribution in [3.63, 3.8) is 0 Å². The predicted molar refractivity (Wildman–Crippen MR) is 117 cm³/mol. The van der Waals surface area contributed by atoms with Crippen molar-refractivity contribution < 1.29 is 12.8 Å². The highest BCUT2D eigenvalue weighted by Gasteiger charge is 2.21. The molecule has 0 bridgehead atoms. The Bertz CT molecular complexity index is 1220. The first kappa shape index (κ1) is 21.4. The van der Waals surface area contributed by atoms with Gasteiger partial charge in [-0.3, -0.25) is 0 Å². The molecule has 31 heavy (non-hydrogen) atoms. The van der Waals surface area contributed by atoms with Gasteiger partial charge in [0, 0.05) is 23.5 Å². The number of pyridine rings is 1. The number of hydrogen-bond donors (Lipinski definition) is 2. The smallest absolute Gasteiger partial charge is 0.232 e. The number of anilines is 3. The molecule has 0 unspecified atom stereocenters. The average molecular weight is 463 g/mol. The van der Waals surface area contributed by atoms with Crippen LogP contribution in [-0.4, -0.2) is 41.2 Å². The van der Waals surface area contributed by atoms with Crippen LogP contribution < -0.4 is 10.6 Å². The van der Waals surface area contributed by atoms with E-state index >= 15 is 0 Å². The maximum absolute atomic E-state index is 13.1. The first-order chi connectivity index (χ1) is 14.8.